The van der Waals surface area contributed by atoms with Gasteiger partial charge in [0.15, 0.2) is 5.11 Å². The zero-order valence-electron chi connectivity index (χ0n) is 11.1. The lowest BCUT2D eigenvalue weighted by atomic mass is 10.5. The van der Waals surface area contributed by atoms with E-state index in [0.29, 0.717) is 0 Å². The third-order valence-corrected chi connectivity index (χ3v) is 2.27. The number of carbonyl (C=O) groups excluding carboxylic acids is 1. The quantitative estimate of drug-likeness (QED) is 0.733. The first kappa shape index (κ1) is 16.2. The van der Waals surface area contributed by atoms with E-state index in [-0.39, 0.29) is 16.6 Å². The predicted molar refractivity (Wildman–Crippen MR) is 77.4 cm³/mol. The number of pyridine rings is 1. The van der Waals surface area contributed by atoms with E-state index in [1.54, 1.807) is 25.1 Å². The van der Waals surface area contributed by atoms with Crippen molar-refractivity contribution in [3.63, 3.8) is 0 Å². The SMILES string of the molecule is C/C=C\N(C(C)=O)C(=S)n1ccccc1=O.CC. The Balaban J connectivity index is 0.00000137. The molecule has 4 nitrogen and oxygen atoms in total. The molecule has 1 amide bonds. The summed E-state index contributed by atoms with van der Waals surface area (Å²) in [6.07, 6.45) is 4.75. The summed E-state index contributed by atoms with van der Waals surface area (Å²) < 4.78 is 1.25. The topological polar surface area (TPSA) is 42.3 Å². The molecule has 0 N–H and O–H groups in total. The minimum Gasteiger partial charge on any atom is -0.274 e. The maximum Gasteiger partial charge on any atom is 0.256 e. The molecule has 0 radical (unpaired) electrons. The zero-order valence-corrected chi connectivity index (χ0v) is 11.9. The van der Waals surface area contributed by atoms with Crippen molar-refractivity contribution in [2.45, 2.75) is 27.7 Å². The van der Waals surface area contributed by atoms with E-state index in [4.69, 9.17) is 12.2 Å². The average Bonchev–Trinajstić information content (AvgIpc) is 2.38. The van der Waals surface area contributed by atoms with Crippen molar-refractivity contribution in [2.24, 2.45) is 0 Å². The second kappa shape index (κ2) is 8.36. The first-order chi connectivity index (χ1) is 8.57. The number of allylic oxidation sites excluding steroid dienone is 1. The van der Waals surface area contributed by atoms with Gasteiger partial charge >= 0.3 is 0 Å². The third kappa shape index (κ3) is 4.25. The first-order valence-corrected chi connectivity index (χ1v) is 6.13. The van der Waals surface area contributed by atoms with Crippen molar-refractivity contribution in [2.75, 3.05) is 0 Å². The standard InChI is InChI=1S/C11H12N2O2S.C2H6/c1-3-7-12(9(2)14)11(16)13-8-5-4-6-10(13)15;1-2/h3-8H,1-2H3;1-2H3/b7-3-;. The summed E-state index contributed by atoms with van der Waals surface area (Å²) in [6, 6.07) is 4.69. The van der Waals surface area contributed by atoms with Crippen molar-refractivity contribution in [1.29, 1.82) is 0 Å². The second-order valence-electron chi connectivity index (χ2n) is 3.06. The number of carbonyl (C=O) groups is 1. The van der Waals surface area contributed by atoms with Crippen LogP contribution >= 0.6 is 12.2 Å². The van der Waals surface area contributed by atoms with Crippen LogP contribution in [-0.4, -0.2) is 20.5 Å². The van der Waals surface area contributed by atoms with Crippen LogP contribution in [0.4, 0.5) is 0 Å². The molecule has 0 unspecified atom stereocenters. The second-order valence-corrected chi connectivity index (χ2v) is 3.43. The molecule has 1 aromatic rings. The minimum absolute atomic E-state index is 0.149. The lowest BCUT2D eigenvalue weighted by molar-refractivity contribution is -0.123. The van der Waals surface area contributed by atoms with Crippen LogP contribution < -0.4 is 5.56 Å². The van der Waals surface area contributed by atoms with Crippen LogP contribution in [0.5, 0.6) is 0 Å². The maximum atomic E-state index is 11.5. The van der Waals surface area contributed by atoms with Crippen LogP contribution in [-0.2, 0) is 4.79 Å². The number of rotatable bonds is 1. The lowest BCUT2D eigenvalue weighted by Crippen LogP contribution is -2.38. The molecule has 0 spiro atoms. The van der Waals surface area contributed by atoms with Crippen LogP contribution in [0.2, 0.25) is 0 Å². The Hall–Kier alpha value is -1.75. The average molecular weight is 266 g/mol. The van der Waals surface area contributed by atoms with Crippen LogP contribution in [0, 0.1) is 0 Å². The summed E-state index contributed by atoms with van der Waals surface area (Å²) in [5.41, 5.74) is -0.261. The summed E-state index contributed by atoms with van der Waals surface area (Å²) >= 11 is 5.09. The fourth-order valence-electron chi connectivity index (χ4n) is 1.15. The number of hydrogen-bond donors (Lipinski definition) is 0. The van der Waals surface area contributed by atoms with Gasteiger partial charge in [-0.15, -0.1) is 0 Å². The first-order valence-electron chi connectivity index (χ1n) is 5.72. The van der Waals surface area contributed by atoms with Crippen LogP contribution in [0.15, 0.2) is 41.5 Å². The number of amides is 1. The summed E-state index contributed by atoms with van der Waals surface area (Å²) in [4.78, 5) is 24.1. The molecular weight excluding hydrogens is 248 g/mol. The highest BCUT2D eigenvalue weighted by molar-refractivity contribution is 7.80. The van der Waals surface area contributed by atoms with Gasteiger partial charge in [-0.2, -0.15) is 0 Å². The summed E-state index contributed by atoms with van der Waals surface area (Å²) in [6.45, 7) is 7.16. The van der Waals surface area contributed by atoms with Gasteiger partial charge in [0.2, 0.25) is 5.91 Å². The van der Waals surface area contributed by atoms with Gasteiger partial charge in [-0.3, -0.25) is 19.1 Å². The van der Waals surface area contributed by atoms with Crippen LogP contribution in [0.1, 0.15) is 27.7 Å². The zero-order chi connectivity index (χ0) is 14.1. The summed E-state index contributed by atoms with van der Waals surface area (Å²) in [7, 11) is 0. The number of nitrogens with zero attached hydrogens (tertiary/aromatic N) is 2. The molecule has 0 aliphatic rings. The van der Waals surface area contributed by atoms with Gasteiger partial charge < -0.3 is 0 Å². The maximum absolute atomic E-state index is 11.5. The van der Waals surface area contributed by atoms with E-state index >= 15 is 0 Å². The van der Waals surface area contributed by atoms with Gasteiger partial charge in [0.1, 0.15) is 0 Å². The molecule has 18 heavy (non-hydrogen) atoms. The molecule has 5 heteroatoms. The van der Waals surface area contributed by atoms with Crippen molar-refractivity contribution in [3.8, 4) is 0 Å². The van der Waals surface area contributed by atoms with Crippen LogP contribution in [0.25, 0.3) is 0 Å². The van der Waals surface area contributed by atoms with Gasteiger partial charge in [0, 0.05) is 25.4 Å². The van der Waals surface area contributed by atoms with E-state index in [9.17, 15) is 9.59 Å². The molecule has 1 heterocycles. The molecule has 0 atom stereocenters. The van der Waals surface area contributed by atoms with E-state index in [0.717, 1.165) is 0 Å². The largest absolute Gasteiger partial charge is 0.274 e. The van der Waals surface area contributed by atoms with Crippen molar-refractivity contribution in [1.82, 2.24) is 9.47 Å². The Bertz CT molecular complexity index is 492. The number of thiocarbonyl (C=S) groups is 1. The highest BCUT2D eigenvalue weighted by atomic mass is 32.1. The van der Waals surface area contributed by atoms with Crippen LogP contribution in [0.3, 0.4) is 0 Å². The highest BCUT2D eigenvalue weighted by Gasteiger charge is 2.13. The monoisotopic (exact) mass is 266 g/mol. The third-order valence-electron chi connectivity index (χ3n) is 1.87. The lowest BCUT2D eigenvalue weighted by Gasteiger charge is -2.18. The summed E-state index contributed by atoms with van der Waals surface area (Å²) in [5, 5.41) is 0.149. The van der Waals surface area contributed by atoms with E-state index in [2.05, 4.69) is 0 Å². The van der Waals surface area contributed by atoms with E-state index < -0.39 is 0 Å². The summed E-state index contributed by atoms with van der Waals surface area (Å²) in [5.74, 6) is -0.237. The van der Waals surface area contributed by atoms with Crippen molar-refractivity contribution < 1.29 is 4.79 Å². The fourth-order valence-corrected chi connectivity index (χ4v) is 1.49. The molecule has 0 fully saturated rings. The Kier molecular flexibility index (Phi) is 7.54. The molecule has 0 aliphatic carbocycles. The normalized spacial score (nSPS) is 9.56. The molecule has 0 aliphatic heterocycles. The Morgan fingerprint density at radius 1 is 1.39 bits per heavy atom. The van der Waals surface area contributed by atoms with Gasteiger partial charge in [0.05, 0.1) is 0 Å². The fraction of sp³-hybridized carbons (Fsp3) is 0.308. The molecule has 0 saturated carbocycles. The number of aromatic nitrogens is 1. The minimum atomic E-state index is -0.261. The van der Waals surface area contributed by atoms with Gasteiger partial charge in [0.25, 0.3) is 5.56 Å². The number of hydrogen-bond acceptors (Lipinski definition) is 3. The molecule has 0 aromatic carbocycles. The predicted octanol–water partition coefficient (Wildman–Crippen LogP) is 2.39. The molecule has 1 rings (SSSR count). The van der Waals surface area contributed by atoms with E-state index in [1.807, 2.05) is 13.8 Å². The Morgan fingerprint density at radius 2 is 2.00 bits per heavy atom. The van der Waals surface area contributed by atoms with E-state index in [1.165, 1.54) is 34.9 Å². The Morgan fingerprint density at radius 3 is 2.44 bits per heavy atom. The molecular formula is C13H18N2O2S. The highest BCUT2D eigenvalue weighted by Crippen LogP contribution is 1.97. The smallest absolute Gasteiger partial charge is 0.256 e. The molecule has 1 aromatic heterocycles. The molecule has 0 bridgehead atoms. The van der Waals surface area contributed by atoms with Crippen molar-refractivity contribution >= 4 is 23.2 Å². The molecule has 0 saturated heterocycles. The molecule has 98 valence electrons. The van der Waals surface area contributed by atoms with Gasteiger partial charge in [-0.25, -0.2) is 0 Å². The van der Waals surface area contributed by atoms with Crippen molar-refractivity contribution in [3.05, 3.63) is 47.0 Å². The van der Waals surface area contributed by atoms with Gasteiger partial charge in [-0.1, -0.05) is 26.0 Å². The Labute approximate surface area is 113 Å². The van der Waals surface area contributed by atoms with Gasteiger partial charge in [-0.05, 0) is 25.2 Å².